The Morgan fingerprint density at radius 3 is 2.25 bits per heavy atom. The molecule has 2 amide bonds. The largest absolute Gasteiger partial charge is 0.497 e. The second-order valence-electron chi connectivity index (χ2n) is 14.3. The lowest BCUT2D eigenvalue weighted by Crippen LogP contribution is -2.57. The van der Waals surface area contributed by atoms with Crippen molar-refractivity contribution in [3.63, 3.8) is 0 Å². The van der Waals surface area contributed by atoms with Crippen LogP contribution in [0.5, 0.6) is 5.75 Å². The van der Waals surface area contributed by atoms with Gasteiger partial charge in [0, 0.05) is 62.5 Å². The van der Waals surface area contributed by atoms with Crippen LogP contribution in [0.15, 0.2) is 106 Å². The van der Waals surface area contributed by atoms with E-state index in [1.165, 1.54) is 19.2 Å². The molecule has 4 heterocycles. The van der Waals surface area contributed by atoms with Gasteiger partial charge in [0.2, 0.25) is 22.2 Å². The van der Waals surface area contributed by atoms with Crippen molar-refractivity contribution in [2.45, 2.75) is 48.8 Å². The normalized spacial score (nSPS) is 19.4. The summed E-state index contributed by atoms with van der Waals surface area (Å²) in [6.07, 6.45) is 1.63. The number of para-hydroxylation sites is 2. The number of sulfonamides is 1. The average molecular weight is 801 g/mol. The summed E-state index contributed by atoms with van der Waals surface area (Å²) in [4.78, 5) is 45.6. The van der Waals surface area contributed by atoms with Crippen molar-refractivity contribution in [2.24, 2.45) is 7.05 Å². The summed E-state index contributed by atoms with van der Waals surface area (Å²) >= 11 is 0. The van der Waals surface area contributed by atoms with E-state index in [2.05, 4.69) is 10.2 Å². The van der Waals surface area contributed by atoms with E-state index in [-0.39, 0.29) is 61.3 Å². The van der Waals surface area contributed by atoms with E-state index in [1.807, 2.05) is 67.6 Å². The van der Waals surface area contributed by atoms with E-state index in [0.29, 0.717) is 42.2 Å². The number of nitrogens with one attached hydrogen (secondary N) is 1. The number of piperidine rings is 1. The van der Waals surface area contributed by atoms with Crippen LogP contribution in [0, 0.1) is 6.92 Å². The van der Waals surface area contributed by atoms with Crippen LogP contribution in [0.3, 0.4) is 0 Å². The lowest BCUT2D eigenvalue weighted by Gasteiger charge is -2.43. The molecule has 1 aromatic heterocycles. The number of allylic oxidation sites excluding steroid dienone is 1. The number of aliphatic hydroxyl groups is 1. The Balaban J connectivity index is 1.13. The summed E-state index contributed by atoms with van der Waals surface area (Å²) in [6, 6.07) is 24.9. The zero-order chi connectivity index (χ0) is 40.3. The van der Waals surface area contributed by atoms with E-state index >= 15 is 0 Å². The number of nitrogens with zero attached hydrogens (tertiary/aromatic N) is 5. The average Bonchev–Trinajstić information content (AvgIpc) is 3.67. The van der Waals surface area contributed by atoms with E-state index in [4.69, 9.17) is 14.2 Å². The SMILES string of the molecule is COc1ccc(S(=O)(=O)N(CCO)CCOC2CC(c3c(C)n(C)n(-c4ccccc4)c3=O)C=C(C(=O)N3CCC4(CC3)C(=O)NCN4c3ccccc3)O2)cc1. The zero-order valence-electron chi connectivity index (χ0n) is 32.2. The van der Waals surface area contributed by atoms with Gasteiger partial charge in [-0.05, 0) is 74.4 Å². The lowest BCUT2D eigenvalue weighted by molar-refractivity contribution is -0.154. The number of likely N-dealkylation sites (tertiary alicyclic amines) is 1. The minimum atomic E-state index is -4.01. The first-order chi connectivity index (χ1) is 27.5. The van der Waals surface area contributed by atoms with Crippen molar-refractivity contribution in [2.75, 3.05) is 58.1 Å². The van der Waals surface area contributed by atoms with Gasteiger partial charge in [-0.25, -0.2) is 13.1 Å². The molecule has 0 radical (unpaired) electrons. The first kappa shape index (κ1) is 39.8. The summed E-state index contributed by atoms with van der Waals surface area (Å²) in [7, 11) is -0.724. The molecule has 302 valence electrons. The number of ether oxygens (including phenoxy) is 3. The quantitative estimate of drug-likeness (QED) is 0.206. The van der Waals surface area contributed by atoms with Crippen LogP contribution in [0.1, 0.15) is 36.4 Å². The summed E-state index contributed by atoms with van der Waals surface area (Å²) in [5, 5.41) is 12.8. The van der Waals surface area contributed by atoms with Crippen molar-refractivity contribution in [3.05, 3.63) is 118 Å². The maximum atomic E-state index is 14.3. The fourth-order valence-electron chi connectivity index (χ4n) is 8.04. The summed E-state index contributed by atoms with van der Waals surface area (Å²) in [5.74, 6) is -0.546. The van der Waals surface area contributed by atoms with Crippen molar-refractivity contribution in [1.82, 2.24) is 23.9 Å². The molecule has 0 bridgehead atoms. The lowest BCUT2D eigenvalue weighted by atomic mass is 9.85. The van der Waals surface area contributed by atoms with Crippen molar-refractivity contribution in [1.29, 1.82) is 0 Å². The molecule has 2 unspecified atom stereocenters. The van der Waals surface area contributed by atoms with Crippen molar-refractivity contribution < 1.29 is 37.3 Å². The molecule has 0 aliphatic carbocycles. The Kier molecular flexibility index (Phi) is 11.6. The van der Waals surface area contributed by atoms with Gasteiger partial charge in [0.1, 0.15) is 11.3 Å². The Hall–Kier alpha value is -5.42. The summed E-state index contributed by atoms with van der Waals surface area (Å²) in [6.45, 7) is 1.96. The number of amides is 2. The number of aromatic nitrogens is 2. The smallest absolute Gasteiger partial charge is 0.288 e. The maximum absolute atomic E-state index is 14.3. The molecule has 3 aliphatic rings. The molecule has 3 aromatic carbocycles. The van der Waals surface area contributed by atoms with Gasteiger partial charge in [-0.1, -0.05) is 36.4 Å². The fourth-order valence-corrected chi connectivity index (χ4v) is 9.46. The molecule has 0 saturated carbocycles. The predicted molar refractivity (Wildman–Crippen MR) is 211 cm³/mol. The Morgan fingerprint density at radius 2 is 1.61 bits per heavy atom. The van der Waals surface area contributed by atoms with Crippen LogP contribution in [-0.2, 0) is 36.1 Å². The molecule has 15 nitrogen and oxygen atoms in total. The van der Waals surface area contributed by atoms with Gasteiger partial charge in [-0.15, -0.1) is 0 Å². The molecule has 2 N–H and O–H groups in total. The predicted octanol–water partition coefficient (Wildman–Crippen LogP) is 2.86. The molecule has 1 spiro atoms. The van der Waals surface area contributed by atoms with Gasteiger partial charge in [0.25, 0.3) is 11.5 Å². The molecule has 3 aliphatic heterocycles. The van der Waals surface area contributed by atoms with Gasteiger partial charge >= 0.3 is 0 Å². The van der Waals surface area contributed by atoms with Crippen molar-refractivity contribution >= 4 is 27.5 Å². The number of hydrogen-bond acceptors (Lipinski definition) is 10. The van der Waals surface area contributed by atoms with E-state index in [9.17, 15) is 27.9 Å². The number of hydrogen-bond donors (Lipinski definition) is 2. The minimum Gasteiger partial charge on any atom is -0.497 e. The first-order valence-electron chi connectivity index (χ1n) is 19.0. The van der Waals surface area contributed by atoms with Crippen LogP contribution in [0.4, 0.5) is 5.69 Å². The number of carbonyl (C=O) groups excluding carboxylic acids is 2. The Bertz CT molecular complexity index is 2270. The van der Waals surface area contributed by atoms with Gasteiger partial charge in [0.15, 0.2) is 5.76 Å². The molecule has 2 atom stereocenters. The fraction of sp³-hybridized carbons (Fsp3) is 0.390. The molecular formula is C41H48N6O9S. The van der Waals surface area contributed by atoms with Gasteiger partial charge in [0.05, 0.1) is 37.6 Å². The monoisotopic (exact) mass is 800 g/mol. The number of rotatable bonds is 13. The molecule has 4 aromatic rings. The number of anilines is 1. The van der Waals surface area contributed by atoms with Crippen LogP contribution < -0.4 is 20.5 Å². The number of carbonyl (C=O) groups is 2. The third-order valence-corrected chi connectivity index (χ3v) is 13.1. The van der Waals surface area contributed by atoms with E-state index in [0.717, 1.165) is 9.99 Å². The van der Waals surface area contributed by atoms with E-state index < -0.39 is 40.3 Å². The number of benzene rings is 3. The maximum Gasteiger partial charge on any atom is 0.288 e. The van der Waals surface area contributed by atoms with Crippen LogP contribution in [-0.4, -0.2) is 109 Å². The summed E-state index contributed by atoms with van der Waals surface area (Å²) in [5.41, 5.74) is 1.74. The second-order valence-corrected chi connectivity index (χ2v) is 16.3. The van der Waals surface area contributed by atoms with Crippen LogP contribution >= 0.6 is 0 Å². The van der Waals surface area contributed by atoms with Crippen molar-refractivity contribution in [3.8, 4) is 11.4 Å². The molecule has 7 rings (SSSR count). The van der Waals surface area contributed by atoms with Gasteiger partial charge in [-0.2, -0.15) is 4.31 Å². The summed E-state index contributed by atoms with van der Waals surface area (Å²) < 4.78 is 49.2. The standard InChI is InChI=1S/C41H48N6O9S/c1-29-37(39(50)47(43(29)2)32-12-8-5-9-13-32)30-26-35(38(49)44-20-18-41(19-21-44)40(51)42-28-46(41)31-10-6-4-7-11-31)56-36(27-30)55-25-23-45(22-24-48)57(52,53)34-16-14-33(54-3)15-17-34/h4-17,26,30,36,48H,18-25,27-28H2,1-3H3,(H,42,51). The topological polar surface area (TPSA) is 165 Å². The zero-order valence-corrected chi connectivity index (χ0v) is 33.1. The molecule has 2 fully saturated rings. The minimum absolute atomic E-state index is 0.00923. The van der Waals surface area contributed by atoms with Crippen LogP contribution in [0.25, 0.3) is 5.69 Å². The van der Waals surface area contributed by atoms with Gasteiger partial charge in [-0.3, -0.25) is 19.1 Å². The first-order valence-corrected chi connectivity index (χ1v) is 20.4. The molecule has 2 saturated heterocycles. The third kappa shape index (κ3) is 7.69. The van der Waals surface area contributed by atoms with Crippen LogP contribution in [0.2, 0.25) is 0 Å². The number of methoxy groups -OCH3 is 1. The Morgan fingerprint density at radius 1 is 0.965 bits per heavy atom. The second kappa shape index (κ2) is 16.6. The highest BCUT2D eigenvalue weighted by Gasteiger charge is 2.51. The van der Waals surface area contributed by atoms with E-state index in [1.54, 1.807) is 39.5 Å². The third-order valence-electron chi connectivity index (χ3n) is 11.2. The highest BCUT2D eigenvalue weighted by molar-refractivity contribution is 7.89. The molecular weight excluding hydrogens is 753 g/mol. The highest BCUT2D eigenvalue weighted by atomic mass is 32.2. The Labute approximate surface area is 331 Å². The molecule has 57 heavy (non-hydrogen) atoms. The highest BCUT2D eigenvalue weighted by Crippen LogP contribution is 2.38. The van der Waals surface area contributed by atoms with Gasteiger partial charge < -0.3 is 34.4 Å². The molecule has 16 heteroatoms. The number of aliphatic hydroxyl groups excluding tert-OH is 1.